The quantitative estimate of drug-likeness (QED) is 0.677. The molecular formula is C18H24N6O. The molecule has 2 aliphatic heterocycles. The van der Waals surface area contributed by atoms with Crippen molar-refractivity contribution in [1.29, 1.82) is 0 Å². The van der Waals surface area contributed by atoms with Crippen molar-refractivity contribution in [1.82, 2.24) is 25.0 Å². The molecule has 0 saturated carbocycles. The van der Waals surface area contributed by atoms with Crippen LogP contribution < -0.4 is 5.32 Å². The van der Waals surface area contributed by atoms with Crippen LogP contribution >= 0.6 is 0 Å². The summed E-state index contributed by atoms with van der Waals surface area (Å²) < 4.78 is 7.62. The summed E-state index contributed by atoms with van der Waals surface area (Å²) in [5, 5.41) is 11.8. The van der Waals surface area contributed by atoms with Gasteiger partial charge in [0.1, 0.15) is 6.33 Å². The second-order valence-corrected chi connectivity index (χ2v) is 6.83. The lowest BCUT2D eigenvalue weighted by Crippen LogP contribution is -2.41. The van der Waals surface area contributed by atoms with Crippen LogP contribution in [-0.4, -0.2) is 59.0 Å². The van der Waals surface area contributed by atoms with E-state index in [2.05, 4.69) is 25.4 Å². The molecule has 1 aromatic carbocycles. The van der Waals surface area contributed by atoms with E-state index in [1.54, 1.807) is 6.33 Å². The molecule has 25 heavy (non-hydrogen) atoms. The van der Waals surface area contributed by atoms with E-state index in [1.165, 1.54) is 6.42 Å². The molecule has 132 valence electrons. The Morgan fingerprint density at radius 1 is 1.32 bits per heavy atom. The lowest BCUT2D eigenvalue weighted by atomic mass is 9.87. The minimum absolute atomic E-state index is 0.321. The average Bonchev–Trinajstić information content (AvgIpc) is 3.39. The van der Waals surface area contributed by atoms with E-state index < -0.39 is 0 Å². The van der Waals surface area contributed by atoms with Gasteiger partial charge in [-0.1, -0.05) is 18.2 Å². The minimum Gasteiger partial charge on any atom is -0.381 e. The molecule has 1 spiro atoms. The summed E-state index contributed by atoms with van der Waals surface area (Å²) in [5.74, 6) is 1.79. The zero-order valence-electron chi connectivity index (χ0n) is 14.6. The molecular weight excluding hydrogens is 316 g/mol. The van der Waals surface area contributed by atoms with E-state index >= 15 is 0 Å². The smallest absolute Gasteiger partial charge is 0.194 e. The number of ether oxygens (including phenoxy) is 1. The molecule has 1 atom stereocenters. The molecule has 3 heterocycles. The lowest BCUT2D eigenvalue weighted by Gasteiger charge is -2.24. The zero-order valence-corrected chi connectivity index (χ0v) is 14.6. The van der Waals surface area contributed by atoms with Gasteiger partial charge in [-0.15, -0.1) is 10.2 Å². The third-order valence-electron chi connectivity index (χ3n) is 5.19. The fourth-order valence-corrected chi connectivity index (χ4v) is 3.76. The summed E-state index contributed by atoms with van der Waals surface area (Å²) in [5.41, 5.74) is 1.38. The normalized spacial score (nSPS) is 23.6. The van der Waals surface area contributed by atoms with Crippen molar-refractivity contribution in [3.8, 4) is 5.69 Å². The molecule has 0 amide bonds. The predicted octanol–water partition coefficient (Wildman–Crippen LogP) is 1.46. The van der Waals surface area contributed by atoms with Crippen LogP contribution in [0.3, 0.4) is 0 Å². The molecule has 2 aromatic rings. The van der Waals surface area contributed by atoms with Gasteiger partial charge >= 0.3 is 0 Å². The van der Waals surface area contributed by atoms with Crippen LogP contribution in [0.5, 0.6) is 0 Å². The van der Waals surface area contributed by atoms with Crippen molar-refractivity contribution < 1.29 is 4.74 Å². The molecule has 1 unspecified atom stereocenters. The van der Waals surface area contributed by atoms with Crippen LogP contribution in [0.25, 0.3) is 5.69 Å². The number of guanidine groups is 1. The minimum atomic E-state index is 0.321. The van der Waals surface area contributed by atoms with Gasteiger partial charge in [0, 0.05) is 37.8 Å². The molecule has 1 N–H and O–H groups in total. The van der Waals surface area contributed by atoms with Gasteiger partial charge in [0.25, 0.3) is 0 Å². The third kappa shape index (κ3) is 3.24. The number of likely N-dealkylation sites (tertiary alicyclic amines) is 1. The maximum atomic E-state index is 5.62. The van der Waals surface area contributed by atoms with Crippen molar-refractivity contribution in [3.63, 3.8) is 0 Å². The first-order chi connectivity index (χ1) is 12.3. The Morgan fingerprint density at radius 3 is 2.96 bits per heavy atom. The number of aliphatic imine (C=N–C) groups is 1. The highest BCUT2D eigenvalue weighted by atomic mass is 16.5. The molecule has 0 radical (unpaired) electrons. The second kappa shape index (κ2) is 6.84. The molecule has 0 bridgehead atoms. The van der Waals surface area contributed by atoms with Gasteiger partial charge in [-0.25, -0.2) is 0 Å². The van der Waals surface area contributed by atoms with Crippen molar-refractivity contribution in [2.75, 3.05) is 33.4 Å². The van der Waals surface area contributed by atoms with Crippen molar-refractivity contribution in [3.05, 3.63) is 42.5 Å². The van der Waals surface area contributed by atoms with E-state index in [0.717, 1.165) is 50.2 Å². The third-order valence-corrected chi connectivity index (χ3v) is 5.19. The highest BCUT2D eigenvalue weighted by Crippen LogP contribution is 2.38. The van der Waals surface area contributed by atoms with Gasteiger partial charge in [-0.2, -0.15) is 0 Å². The van der Waals surface area contributed by atoms with E-state index in [-0.39, 0.29) is 0 Å². The number of nitrogens with zero attached hydrogens (tertiary/aromatic N) is 5. The molecule has 2 aliphatic rings. The second-order valence-electron chi connectivity index (χ2n) is 6.83. The van der Waals surface area contributed by atoms with E-state index in [0.29, 0.717) is 12.0 Å². The Balaban J connectivity index is 1.42. The van der Waals surface area contributed by atoms with Gasteiger partial charge in [0.2, 0.25) is 0 Å². The summed E-state index contributed by atoms with van der Waals surface area (Å²) in [6, 6.07) is 10.1. The number of aromatic nitrogens is 3. The Kier molecular flexibility index (Phi) is 4.40. The van der Waals surface area contributed by atoms with Crippen LogP contribution in [0.1, 0.15) is 18.7 Å². The lowest BCUT2D eigenvalue weighted by molar-refractivity contribution is 0.156. The summed E-state index contributed by atoms with van der Waals surface area (Å²) >= 11 is 0. The first-order valence-corrected chi connectivity index (χ1v) is 8.77. The average molecular weight is 340 g/mol. The van der Waals surface area contributed by atoms with Gasteiger partial charge in [0.15, 0.2) is 11.8 Å². The molecule has 7 heteroatoms. The number of rotatable bonds is 3. The Labute approximate surface area is 147 Å². The van der Waals surface area contributed by atoms with Crippen molar-refractivity contribution >= 4 is 5.96 Å². The highest BCUT2D eigenvalue weighted by molar-refractivity contribution is 5.80. The maximum absolute atomic E-state index is 5.62. The topological polar surface area (TPSA) is 67.6 Å². The zero-order chi connectivity index (χ0) is 17.1. The molecule has 2 saturated heterocycles. The fourth-order valence-electron chi connectivity index (χ4n) is 3.76. The van der Waals surface area contributed by atoms with Crippen LogP contribution in [0, 0.1) is 5.41 Å². The van der Waals surface area contributed by atoms with Gasteiger partial charge in [0.05, 0.1) is 13.2 Å². The number of hydrogen-bond donors (Lipinski definition) is 1. The van der Waals surface area contributed by atoms with Crippen LogP contribution in [-0.2, 0) is 11.3 Å². The summed E-state index contributed by atoms with van der Waals surface area (Å²) in [6.45, 7) is 4.39. The number of hydrogen-bond acceptors (Lipinski definition) is 4. The SMILES string of the molecule is CN=C(NCc1nncn1-c1ccccc1)N1CCC2(CCOC2)C1. The summed E-state index contributed by atoms with van der Waals surface area (Å²) in [6.07, 6.45) is 4.08. The predicted molar refractivity (Wildman–Crippen MR) is 95.6 cm³/mol. The number of para-hydroxylation sites is 1. The first-order valence-electron chi connectivity index (χ1n) is 8.77. The van der Waals surface area contributed by atoms with Crippen molar-refractivity contribution in [2.45, 2.75) is 19.4 Å². The summed E-state index contributed by atoms with van der Waals surface area (Å²) in [4.78, 5) is 6.79. The molecule has 2 fully saturated rings. The van der Waals surface area contributed by atoms with E-state index in [1.807, 2.05) is 41.9 Å². The first kappa shape index (κ1) is 16.1. The molecule has 1 aromatic heterocycles. The monoisotopic (exact) mass is 340 g/mol. The molecule has 7 nitrogen and oxygen atoms in total. The standard InChI is InChI=1S/C18H24N6O/c1-19-17(23-9-7-18(12-23)8-10-25-13-18)20-11-16-22-21-14-24(16)15-5-3-2-4-6-15/h2-6,14H,7-13H2,1H3,(H,19,20). The largest absolute Gasteiger partial charge is 0.381 e. The van der Waals surface area contributed by atoms with Crippen LogP contribution in [0.4, 0.5) is 0 Å². The van der Waals surface area contributed by atoms with Gasteiger partial charge in [-0.05, 0) is 25.0 Å². The van der Waals surface area contributed by atoms with Gasteiger partial charge < -0.3 is 15.0 Å². The van der Waals surface area contributed by atoms with E-state index in [4.69, 9.17) is 4.74 Å². The fraction of sp³-hybridized carbons (Fsp3) is 0.500. The Morgan fingerprint density at radius 2 is 2.20 bits per heavy atom. The number of nitrogens with one attached hydrogen (secondary N) is 1. The molecule has 0 aliphatic carbocycles. The van der Waals surface area contributed by atoms with Gasteiger partial charge in [-0.3, -0.25) is 9.56 Å². The maximum Gasteiger partial charge on any atom is 0.194 e. The molecule has 4 rings (SSSR count). The van der Waals surface area contributed by atoms with Crippen LogP contribution in [0.15, 0.2) is 41.7 Å². The van der Waals surface area contributed by atoms with Crippen molar-refractivity contribution in [2.24, 2.45) is 10.4 Å². The summed E-state index contributed by atoms with van der Waals surface area (Å²) in [7, 11) is 1.83. The Bertz CT molecular complexity index is 735. The van der Waals surface area contributed by atoms with Crippen LogP contribution in [0.2, 0.25) is 0 Å². The van der Waals surface area contributed by atoms with E-state index in [9.17, 15) is 0 Å². The number of benzene rings is 1. The Hall–Kier alpha value is -2.41. The highest BCUT2D eigenvalue weighted by Gasteiger charge is 2.42.